The molecule has 0 bridgehead atoms. The summed E-state index contributed by atoms with van der Waals surface area (Å²) in [6, 6.07) is 4.33. The number of fused-ring (bicyclic) bond motifs is 1. The molecule has 0 spiro atoms. The maximum Gasteiger partial charge on any atom is 0.335 e. The lowest BCUT2D eigenvalue weighted by molar-refractivity contribution is -0.135. The van der Waals surface area contributed by atoms with Gasteiger partial charge in [-0.2, -0.15) is 0 Å². The van der Waals surface area contributed by atoms with Crippen molar-refractivity contribution in [1.29, 1.82) is 0 Å². The van der Waals surface area contributed by atoms with E-state index in [1.807, 2.05) is 0 Å². The van der Waals surface area contributed by atoms with Gasteiger partial charge in [-0.3, -0.25) is 9.59 Å². The van der Waals surface area contributed by atoms with Crippen LogP contribution in [-0.4, -0.2) is 48.2 Å². The van der Waals surface area contributed by atoms with Crippen molar-refractivity contribution in [2.24, 2.45) is 0 Å². The number of carbonyl (C=O) groups excluding carboxylic acids is 1. The van der Waals surface area contributed by atoms with Crippen LogP contribution in [0.2, 0.25) is 0 Å². The summed E-state index contributed by atoms with van der Waals surface area (Å²) in [5.74, 6) is -2.28. The Kier molecular flexibility index (Phi) is 3.60. The van der Waals surface area contributed by atoms with Crippen LogP contribution in [0, 0.1) is 0 Å². The van der Waals surface area contributed by atoms with E-state index >= 15 is 0 Å². The molecule has 0 atom stereocenters. The molecule has 1 aromatic carbocycles. The largest absolute Gasteiger partial charge is 0.480 e. The SMILES string of the molecule is CN1C(=O)CCN(CC(=O)O)c2ccc(C(=O)O)cc21. The molecule has 0 radical (unpaired) electrons. The van der Waals surface area contributed by atoms with E-state index in [0.717, 1.165) is 0 Å². The second kappa shape index (κ2) is 5.20. The second-order valence-electron chi connectivity index (χ2n) is 4.53. The molecule has 106 valence electrons. The van der Waals surface area contributed by atoms with Crippen molar-refractivity contribution in [2.75, 3.05) is 29.9 Å². The fraction of sp³-hybridized carbons (Fsp3) is 0.308. The number of hydrogen-bond acceptors (Lipinski definition) is 4. The van der Waals surface area contributed by atoms with Gasteiger partial charge in [-0.15, -0.1) is 0 Å². The Morgan fingerprint density at radius 2 is 1.95 bits per heavy atom. The van der Waals surface area contributed by atoms with Crippen LogP contribution in [0.3, 0.4) is 0 Å². The average molecular weight is 278 g/mol. The van der Waals surface area contributed by atoms with Crippen molar-refractivity contribution < 1.29 is 24.6 Å². The minimum atomic E-state index is -1.09. The second-order valence-corrected chi connectivity index (χ2v) is 4.53. The van der Waals surface area contributed by atoms with E-state index in [1.54, 1.807) is 11.9 Å². The van der Waals surface area contributed by atoms with Crippen LogP contribution < -0.4 is 9.80 Å². The first-order valence-corrected chi connectivity index (χ1v) is 6.01. The molecule has 2 N–H and O–H groups in total. The molecular weight excluding hydrogens is 264 g/mol. The van der Waals surface area contributed by atoms with Gasteiger partial charge in [0.15, 0.2) is 0 Å². The number of benzene rings is 1. The van der Waals surface area contributed by atoms with E-state index in [2.05, 4.69) is 0 Å². The van der Waals surface area contributed by atoms with E-state index in [0.29, 0.717) is 11.4 Å². The Morgan fingerprint density at radius 1 is 1.25 bits per heavy atom. The molecule has 2 rings (SSSR count). The average Bonchev–Trinajstić information content (AvgIpc) is 2.50. The normalized spacial score (nSPS) is 14.8. The summed E-state index contributed by atoms with van der Waals surface area (Å²) in [5, 5.41) is 17.9. The summed E-state index contributed by atoms with van der Waals surface area (Å²) < 4.78 is 0. The van der Waals surface area contributed by atoms with Gasteiger partial charge in [-0.1, -0.05) is 0 Å². The first-order chi connectivity index (χ1) is 9.40. The minimum Gasteiger partial charge on any atom is -0.480 e. The molecule has 7 nitrogen and oxygen atoms in total. The van der Waals surface area contributed by atoms with Crippen molar-refractivity contribution in [3.05, 3.63) is 23.8 Å². The molecule has 0 saturated heterocycles. The topological polar surface area (TPSA) is 98.2 Å². The Hall–Kier alpha value is -2.57. The Morgan fingerprint density at radius 3 is 2.55 bits per heavy atom. The van der Waals surface area contributed by atoms with Crippen LogP contribution in [0.1, 0.15) is 16.8 Å². The molecule has 20 heavy (non-hydrogen) atoms. The van der Waals surface area contributed by atoms with E-state index in [-0.39, 0.29) is 31.0 Å². The van der Waals surface area contributed by atoms with Crippen molar-refractivity contribution in [2.45, 2.75) is 6.42 Å². The van der Waals surface area contributed by atoms with Gasteiger partial charge in [0.05, 0.1) is 16.9 Å². The number of carboxylic acid groups (broad SMARTS) is 2. The van der Waals surface area contributed by atoms with Crippen molar-refractivity contribution in [1.82, 2.24) is 0 Å². The number of hydrogen-bond donors (Lipinski definition) is 2. The molecule has 0 aromatic heterocycles. The zero-order valence-electron chi connectivity index (χ0n) is 10.9. The molecule has 7 heteroatoms. The van der Waals surface area contributed by atoms with Gasteiger partial charge in [0.2, 0.25) is 5.91 Å². The summed E-state index contributed by atoms with van der Waals surface area (Å²) in [6.45, 7) is 0.0510. The highest BCUT2D eigenvalue weighted by molar-refractivity contribution is 6.01. The van der Waals surface area contributed by atoms with E-state index in [4.69, 9.17) is 10.2 Å². The number of rotatable bonds is 3. The van der Waals surface area contributed by atoms with Gasteiger partial charge < -0.3 is 20.0 Å². The maximum atomic E-state index is 11.9. The third-order valence-corrected chi connectivity index (χ3v) is 3.22. The quantitative estimate of drug-likeness (QED) is 0.842. The van der Waals surface area contributed by atoms with Crippen LogP contribution in [0.5, 0.6) is 0 Å². The third-order valence-electron chi connectivity index (χ3n) is 3.22. The van der Waals surface area contributed by atoms with Crippen LogP contribution in [0.15, 0.2) is 18.2 Å². The summed E-state index contributed by atoms with van der Waals surface area (Å²) >= 11 is 0. The summed E-state index contributed by atoms with van der Waals surface area (Å²) in [4.78, 5) is 36.7. The zero-order chi connectivity index (χ0) is 14.9. The van der Waals surface area contributed by atoms with Gasteiger partial charge in [0.1, 0.15) is 6.54 Å². The number of aliphatic carboxylic acids is 1. The summed E-state index contributed by atoms with van der Waals surface area (Å²) in [6.07, 6.45) is 0.181. The Bertz CT molecular complexity index is 584. The van der Waals surface area contributed by atoms with Gasteiger partial charge >= 0.3 is 11.9 Å². The van der Waals surface area contributed by atoms with Gasteiger partial charge in [0.25, 0.3) is 0 Å². The fourth-order valence-electron chi connectivity index (χ4n) is 2.17. The number of carboxylic acids is 2. The van der Waals surface area contributed by atoms with Crippen molar-refractivity contribution >= 4 is 29.2 Å². The first-order valence-electron chi connectivity index (χ1n) is 6.01. The Labute approximate surface area is 115 Å². The predicted octanol–water partition coefficient (Wildman–Crippen LogP) is 0.642. The van der Waals surface area contributed by atoms with Crippen LogP contribution >= 0.6 is 0 Å². The zero-order valence-corrected chi connectivity index (χ0v) is 10.9. The molecule has 1 aliphatic heterocycles. The summed E-state index contributed by atoms with van der Waals surface area (Å²) in [5.41, 5.74) is 1.01. The molecule has 1 aliphatic rings. The van der Waals surface area contributed by atoms with Crippen LogP contribution in [-0.2, 0) is 9.59 Å². The number of amides is 1. The predicted molar refractivity (Wildman–Crippen MR) is 71.3 cm³/mol. The molecule has 0 saturated carbocycles. The lowest BCUT2D eigenvalue weighted by Gasteiger charge is -2.24. The maximum absolute atomic E-state index is 11.9. The standard InChI is InChI=1S/C13H14N2O5/c1-14-10-6-8(13(19)20)2-3-9(10)15(7-12(17)18)5-4-11(14)16/h2-3,6H,4-5,7H2,1H3,(H,17,18)(H,19,20). The first kappa shape index (κ1) is 13.9. The molecule has 0 unspecified atom stereocenters. The van der Waals surface area contributed by atoms with E-state index in [9.17, 15) is 14.4 Å². The number of nitrogens with zero attached hydrogens (tertiary/aromatic N) is 2. The van der Waals surface area contributed by atoms with E-state index in [1.165, 1.54) is 23.1 Å². The molecule has 1 aromatic rings. The van der Waals surface area contributed by atoms with Gasteiger partial charge in [-0.05, 0) is 18.2 Å². The highest BCUT2D eigenvalue weighted by Crippen LogP contribution is 2.32. The van der Waals surface area contributed by atoms with Crippen LogP contribution in [0.4, 0.5) is 11.4 Å². The smallest absolute Gasteiger partial charge is 0.335 e. The van der Waals surface area contributed by atoms with Crippen molar-refractivity contribution in [3.63, 3.8) is 0 Å². The minimum absolute atomic E-state index is 0.0561. The molecular formula is C13H14N2O5. The molecule has 0 aliphatic carbocycles. The van der Waals surface area contributed by atoms with E-state index < -0.39 is 11.9 Å². The van der Waals surface area contributed by atoms with Crippen LogP contribution in [0.25, 0.3) is 0 Å². The molecule has 0 fully saturated rings. The lowest BCUT2D eigenvalue weighted by atomic mass is 10.1. The number of aromatic carboxylic acids is 1. The number of carbonyl (C=O) groups is 3. The lowest BCUT2D eigenvalue weighted by Crippen LogP contribution is -2.30. The van der Waals surface area contributed by atoms with Crippen molar-refractivity contribution in [3.8, 4) is 0 Å². The summed E-state index contributed by atoms with van der Waals surface area (Å²) in [7, 11) is 1.55. The number of anilines is 2. The monoisotopic (exact) mass is 278 g/mol. The Balaban J connectivity index is 2.52. The van der Waals surface area contributed by atoms with Gasteiger partial charge in [-0.25, -0.2) is 4.79 Å². The van der Waals surface area contributed by atoms with Gasteiger partial charge in [0, 0.05) is 20.0 Å². The highest BCUT2D eigenvalue weighted by Gasteiger charge is 2.25. The molecule has 1 amide bonds. The fourth-order valence-corrected chi connectivity index (χ4v) is 2.17. The third kappa shape index (κ3) is 2.56. The molecule has 1 heterocycles. The highest BCUT2D eigenvalue weighted by atomic mass is 16.4.